The highest BCUT2D eigenvalue weighted by Gasteiger charge is 2.12. The van der Waals surface area contributed by atoms with Crippen LogP contribution in [0.25, 0.3) is 32.9 Å². The van der Waals surface area contributed by atoms with Gasteiger partial charge in [0.1, 0.15) is 10.8 Å². The van der Waals surface area contributed by atoms with Gasteiger partial charge in [0, 0.05) is 5.56 Å². The van der Waals surface area contributed by atoms with E-state index in [1.54, 1.807) is 39.8 Å². The van der Waals surface area contributed by atoms with Crippen LogP contribution in [-0.4, -0.2) is 46.6 Å². The first-order valence-corrected chi connectivity index (χ1v) is 14.8. The fraction of sp³-hybridized carbons (Fsp3) is 0.229. The van der Waals surface area contributed by atoms with Gasteiger partial charge in [-0.25, -0.2) is 4.98 Å². The molecule has 5 aromatic rings. The average Bonchev–Trinajstić information content (AvgIpc) is 3.49. The van der Waals surface area contributed by atoms with Crippen molar-refractivity contribution in [3.05, 3.63) is 90.0 Å². The van der Waals surface area contributed by atoms with Gasteiger partial charge in [0.05, 0.1) is 51.9 Å². The fourth-order valence-corrected chi connectivity index (χ4v) is 5.55. The Balaban J connectivity index is 1.14. The number of thiazole rings is 1. The molecule has 1 aromatic heterocycles. The molecule has 0 aliphatic carbocycles. The van der Waals surface area contributed by atoms with Crippen molar-refractivity contribution in [2.24, 2.45) is 0 Å². The molecule has 43 heavy (non-hydrogen) atoms. The second-order valence-corrected chi connectivity index (χ2v) is 10.7. The summed E-state index contributed by atoms with van der Waals surface area (Å²) in [5, 5.41) is 0.995. The summed E-state index contributed by atoms with van der Waals surface area (Å²) in [5.41, 5.74) is 3.97. The first-order valence-electron chi connectivity index (χ1n) is 14.0. The van der Waals surface area contributed by atoms with Crippen molar-refractivity contribution in [1.82, 2.24) is 4.98 Å². The van der Waals surface area contributed by atoms with E-state index in [0.29, 0.717) is 42.0 Å². The summed E-state index contributed by atoms with van der Waals surface area (Å²) in [6, 6.07) is 26.0. The quantitative estimate of drug-likeness (QED) is 0.0940. The topological polar surface area (TPSA) is 68.3 Å². The van der Waals surface area contributed by atoms with E-state index >= 15 is 0 Å². The lowest BCUT2D eigenvalue weighted by molar-refractivity contribution is 0.258. The van der Waals surface area contributed by atoms with E-state index < -0.39 is 0 Å². The van der Waals surface area contributed by atoms with Gasteiger partial charge >= 0.3 is 0 Å². The standard InChI is InChI=1S/C35H35NO6S/c1-37-29-17-16-24(14-15-25-21-31(38-2)34(40-4)32(22-25)39-3)20-30(29)42-19-8-7-18-41-27-11-9-10-26(23-27)35-36-28-12-5-6-13-33(28)43-35/h5-6,9-17,20-23H,7-8,18-19H2,1-4H3/b15-14-. The Morgan fingerprint density at radius 3 is 2.05 bits per heavy atom. The maximum Gasteiger partial charge on any atom is 0.203 e. The predicted octanol–water partition coefficient (Wildman–Crippen LogP) is 8.41. The van der Waals surface area contributed by atoms with Crippen LogP contribution in [0, 0.1) is 0 Å². The summed E-state index contributed by atoms with van der Waals surface area (Å²) >= 11 is 1.69. The number of aromatic nitrogens is 1. The van der Waals surface area contributed by atoms with Gasteiger partial charge in [-0.1, -0.05) is 42.5 Å². The Labute approximate surface area is 256 Å². The van der Waals surface area contributed by atoms with Crippen molar-refractivity contribution in [2.45, 2.75) is 12.8 Å². The van der Waals surface area contributed by atoms with Crippen molar-refractivity contribution >= 4 is 33.7 Å². The van der Waals surface area contributed by atoms with E-state index in [9.17, 15) is 0 Å². The minimum atomic E-state index is 0.547. The molecule has 0 N–H and O–H groups in total. The van der Waals surface area contributed by atoms with Gasteiger partial charge in [-0.3, -0.25) is 0 Å². The lowest BCUT2D eigenvalue weighted by Gasteiger charge is -2.13. The highest BCUT2D eigenvalue weighted by atomic mass is 32.1. The minimum Gasteiger partial charge on any atom is -0.494 e. The first-order chi connectivity index (χ1) is 21.1. The van der Waals surface area contributed by atoms with Crippen molar-refractivity contribution in [3.8, 4) is 45.1 Å². The van der Waals surface area contributed by atoms with E-state index in [4.69, 9.17) is 33.4 Å². The Morgan fingerprint density at radius 2 is 1.33 bits per heavy atom. The van der Waals surface area contributed by atoms with Crippen LogP contribution in [0.1, 0.15) is 24.0 Å². The molecule has 0 fully saturated rings. The molecule has 0 amide bonds. The second-order valence-electron chi connectivity index (χ2n) is 9.62. The molecule has 5 rings (SSSR count). The summed E-state index contributed by atoms with van der Waals surface area (Å²) < 4.78 is 35.2. The predicted molar refractivity (Wildman–Crippen MR) is 173 cm³/mol. The van der Waals surface area contributed by atoms with Crippen LogP contribution < -0.4 is 28.4 Å². The highest BCUT2D eigenvalue weighted by molar-refractivity contribution is 7.21. The van der Waals surface area contributed by atoms with Crippen molar-refractivity contribution < 1.29 is 28.4 Å². The molecule has 1 heterocycles. The van der Waals surface area contributed by atoms with Crippen molar-refractivity contribution in [1.29, 1.82) is 0 Å². The van der Waals surface area contributed by atoms with Crippen LogP contribution in [-0.2, 0) is 0 Å². The first kappa shape index (κ1) is 29.8. The van der Waals surface area contributed by atoms with Crippen LogP contribution >= 0.6 is 11.3 Å². The summed E-state index contributed by atoms with van der Waals surface area (Å²) in [7, 11) is 6.44. The molecule has 0 aliphatic rings. The van der Waals surface area contributed by atoms with Crippen LogP contribution in [0.3, 0.4) is 0 Å². The molecule has 0 unspecified atom stereocenters. The zero-order valence-corrected chi connectivity index (χ0v) is 25.6. The van der Waals surface area contributed by atoms with Crippen LogP contribution in [0.2, 0.25) is 0 Å². The maximum atomic E-state index is 6.10. The van der Waals surface area contributed by atoms with Crippen LogP contribution in [0.4, 0.5) is 0 Å². The Morgan fingerprint density at radius 1 is 0.628 bits per heavy atom. The second kappa shape index (κ2) is 14.5. The normalized spacial score (nSPS) is 11.1. The van der Waals surface area contributed by atoms with E-state index in [0.717, 1.165) is 45.8 Å². The number of nitrogens with zero attached hydrogens (tertiary/aromatic N) is 1. The lowest BCUT2D eigenvalue weighted by atomic mass is 10.1. The summed E-state index contributed by atoms with van der Waals surface area (Å²) in [5.74, 6) is 3.98. The maximum absolute atomic E-state index is 6.10. The van der Waals surface area contributed by atoms with Gasteiger partial charge < -0.3 is 28.4 Å². The van der Waals surface area contributed by atoms with Crippen molar-refractivity contribution in [2.75, 3.05) is 41.7 Å². The third kappa shape index (κ3) is 7.40. The Bertz CT molecular complexity index is 1640. The van der Waals surface area contributed by atoms with E-state index in [2.05, 4.69) is 18.2 Å². The molecule has 222 valence electrons. The Hall–Kier alpha value is -4.69. The van der Waals surface area contributed by atoms with E-state index in [-0.39, 0.29) is 0 Å². The third-order valence-electron chi connectivity index (χ3n) is 6.78. The summed E-state index contributed by atoms with van der Waals surface area (Å²) in [6.45, 7) is 1.15. The number of methoxy groups -OCH3 is 4. The zero-order valence-electron chi connectivity index (χ0n) is 24.8. The number of ether oxygens (including phenoxy) is 6. The molecular weight excluding hydrogens is 562 g/mol. The number of unbranched alkanes of at least 4 members (excludes halogenated alkanes) is 1. The molecule has 0 atom stereocenters. The van der Waals surface area contributed by atoms with E-state index in [1.807, 2.05) is 72.8 Å². The van der Waals surface area contributed by atoms with Gasteiger partial charge in [-0.15, -0.1) is 11.3 Å². The lowest BCUT2D eigenvalue weighted by Crippen LogP contribution is -2.03. The van der Waals surface area contributed by atoms with Crippen molar-refractivity contribution in [3.63, 3.8) is 0 Å². The molecule has 0 bridgehead atoms. The van der Waals surface area contributed by atoms with Crippen LogP contribution in [0.15, 0.2) is 78.9 Å². The van der Waals surface area contributed by atoms with E-state index in [1.165, 1.54) is 4.70 Å². The monoisotopic (exact) mass is 597 g/mol. The minimum absolute atomic E-state index is 0.547. The SMILES string of the molecule is COc1ccc(/C=C\c2cc(OC)c(OC)c(OC)c2)cc1OCCCCOc1cccc(-c2nc3ccccc3s2)c1. The molecule has 0 radical (unpaired) electrons. The average molecular weight is 598 g/mol. The number of benzene rings is 4. The smallest absolute Gasteiger partial charge is 0.203 e. The summed E-state index contributed by atoms with van der Waals surface area (Å²) in [4.78, 5) is 4.76. The van der Waals surface area contributed by atoms with Gasteiger partial charge in [0.2, 0.25) is 5.75 Å². The third-order valence-corrected chi connectivity index (χ3v) is 7.87. The number of hydrogen-bond acceptors (Lipinski definition) is 8. The Kier molecular flexibility index (Phi) is 10.0. The largest absolute Gasteiger partial charge is 0.494 e. The molecule has 8 heteroatoms. The molecule has 0 saturated carbocycles. The molecule has 0 saturated heterocycles. The summed E-state index contributed by atoms with van der Waals surface area (Å²) in [6.07, 6.45) is 5.68. The molecule has 4 aromatic carbocycles. The molecular formula is C35H35NO6S. The van der Waals surface area contributed by atoms with Gasteiger partial charge in [-0.05, 0) is 72.5 Å². The molecule has 0 aliphatic heterocycles. The van der Waals surface area contributed by atoms with Crippen LogP contribution in [0.5, 0.6) is 34.5 Å². The number of para-hydroxylation sites is 1. The van der Waals surface area contributed by atoms with Gasteiger partial charge in [0.25, 0.3) is 0 Å². The zero-order chi connectivity index (χ0) is 30.0. The number of hydrogen-bond donors (Lipinski definition) is 0. The number of fused-ring (bicyclic) bond motifs is 1. The molecule has 7 nitrogen and oxygen atoms in total. The van der Waals surface area contributed by atoms with Gasteiger partial charge in [-0.2, -0.15) is 0 Å². The highest BCUT2D eigenvalue weighted by Crippen LogP contribution is 2.39. The fourth-order valence-electron chi connectivity index (χ4n) is 4.59. The molecule has 0 spiro atoms. The number of rotatable bonds is 14. The van der Waals surface area contributed by atoms with Gasteiger partial charge in [0.15, 0.2) is 23.0 Å².